The molecule has 8 nitrogen and oxygen atoms in total. The fraction of sp³-hybridized carbons (Fsp3) is 0.133. The maximum Gasteiger partial charge on any atom is 0.264 e. The van der Waals surface area contributed by atoms with Gasteiger partial charge in [-0.2, -0.15) is 0 Å². The first-order chi connectivity index (χ1) is 19.2. The van der Waals surface area contributed by atoms with E-state index in [1.165, 1.54) is 48.5 Å². The van der Waals surface area contributed by atoms with Crippen molar-refractivity contribution in [2.75, 3.05) is 0 Å². The highest BCUT2D eigenvalue weighted by molar-refractivity contribution is 7.90. The van der Waals surface area contributed by atoms with E-state index >= 15 is 0 Å². The van der Waals surface area contributed by atoms with Gasteiger partial charge in [0.25, 0.3) is 20.0 Å². The van der Waals surface area contributed by atoms with E-state index < -0.39 is 43.7 Å². The molecule has 0 heterocycles. The molecule has 4 aromatic rings. The van der Waals surface area contributed by atoms with Gasteiger partial charge in [0.15, 0.2) is 0 Å². The molecule has 0 aliphatic rings. The molecule has 4 aromatic carbocycles. The Hall–Kier alpha value is -4.28. The summed E-state index contributed by atoms with van der Waals surface area (Å²) in [7, 11) is -8.51. The number of amides is 2. The maximum absolute atomic E-state index is 13.7. The summed E-state index contributed by atoms with van der Waals surface area (Å²) >= 11 is 0. The lowest BCUT2D eigenvalue weighted by Crippen LogP contribution is -2.46. The zero-order valence-corrected chi connectivity index (χ0v) is 23.0. The van der Waals surface area contributed by atoms with Crippen molar-refractivity contribution in [3.63, 3.8) is 0 Å². The molecule has 0 fully saturated rings. The molecule has 206 valence electrons. The van der Waals surface area contributed by atoms with E-state index in [-0.39, 0.29) is 22.6 Å². The summed E-state index contributed by atoms with van der Waals surface area (Å²) < 4.78 is 56.4. The standard InChI is InChI=1S/C30H28N2O6S2/c33-29(31-39(35,36)25-17-9-3-10-18-25)27(21-23-13-5-1-6-14-23)28(22-24-15-7-2-8-16-24)30(34)32-40(37,38)26-19-11-4-12-20-26/h1-20,27-28H,21-22H2,(H,31,33)(H,32,34)/t27-,28+. The molecule has 0 aromatic heterocycles. The molecule has 4 rings (SSSR count). The van der Waals surface area contributed by atoms with Crippen molar-refractivity contribution in [1.29, 1.82) is 0 Å². The fourth-order valence-electron chi connectivity index (χ4n) is 4.30. The van der Waals surface area contributed by atoms with Crippen LogP contribution in [0.25, 0.3) is 0 Å². The van der Waals surface area contributed by atoms with Crippen LogP contribution in [0.5, 0.6) is 0 Å². The molecule has 0 spiro atoms. The lowest BCUT2D eigenvalue weighted by molar-refractivity contribution is -0.133. The second-order valence-corrected chi connectivity index (χ2v) is 12.5. The summed E-state index contributed by atoms with van der Waals surface area (Å²) in [6.07, 6.45) is -0.0133. The number of nitrogens with one attached hydrogen (secondary N) is 2. The summed E-state index contributed by atoms with van der Waals surface area (Å²) in [4.78, 5) is 27.2. The van der Waals surface area contributed by atoms with Gasteiger partial charge in [-0.15, -0.1) is 0 Å². The molecular weight excluding hydrogens is 548 g/mol. The first-order valence-electron chi connectivity index (χ1n) is 12.5. The van der Waals surface area contributed by atoms with Crippen molar-refractivity contribution in [2.45, 2.75) is 22.6 Å². The van der Waals surface area contributed by atoms with Gasteiger partial charge in [-0.3, -0.25) is 9.59 Å². The van der Waals surface area contributed by atoms with Crippen LogP contribution >= 0.6 is 0 Å². The topological polar surface area (TPSA) is 126 Å². The zero-order chi connectivity index (χ0) is 28.6. The molecule has 2 amide bonds. The molecule has 40 heavy (non-hydrogen) atoms. The summed E-state index contributed by atoms with van der Waals surface area (Å²) in [6, 6.07) is 32.4. The Balaban J connectivity index is 1.73. The Kier molecular flexibility index (Phi) is 9.13. The van der Waals surface area contributed by atoms with E-state index in [1.807, 2.05) is 0 Å². The lowest BCUT2D eigenvalue weighted by atomic mass is 9.82. The Morgan fingerprint density at radius 2 is 0.750 bits per heavy atom. The molecule has 0 aliphatic carbocycles. The predicted octanol–water partition coefficient (Wildman–Crippen LogP) is 3.71. The SMILES string of the molecule is O=C(NS(=O)(=O)c1ccccc1)[C@@H](Cc1ccccc1)[C@@H](Cc1ccccc1)C(=O)NS(=O)(=O)c1ccccc1. The quantitative estimate of drug-likeness (QED) is 0.280. The first-order valence-corrected chi connectivity index (χ1v) is 15.4. The Morgan fingerprint density at radius 1 is 0.475 bits per heavy atom. The van der Waals surface area contributed by atoms with Crippen molar-refractivity contribution in [1.82, 2.24) is 9.44 Å². The van der Waals surface area contributed by atoms with Gasteiger partial charge in [0.05, 0.1) is 21.6 Å². The normalized spacial score (nSPS) is 13.1. The largest absolute Gasteiger partial charge is 0.274 e. The lowest BCUT2D eigenvalue weighted by Gasteiger charge is -2.26. The molecule has 0 unspecified atom stereocenters. The number of rotatable bonds is 11. The number of hydrogen-bond donors (Lipinski definition) is 2. The van der Waals surface area contributed by atoms with Gasteiger partial charge in [-0.25, -0.2) is 26.3 Å². The predicted molar refractivity (Wildman–Crippen MR) is 151 cm³/mol. The smallest absolute Gasteiger partial charge is 0.264 e. The number of carbonyl (C=O) groups is 2. The van der Waals surface area contributed by atoms with Gasteiger partial charge in [0.1, 0.15) is 0 Å². The molecule has 10 heteroatoms. The highest BCUT2D eigenvalue weighted by atomic mass is 32.2. The minimum absolute atomic E-state index is 0.00666. The van der Waals surface area contributed by atoms with Crippen LogP contribution in [0.4, 0.5) is 0 Å². The van der Waals surface area contributed by atoms with Crippen molar-refractivity contribution in [2.24, 2.45) is 11.8 Å². The Morgan fingerprint density at radius 3 is 1.05 bits per heavy atom. The molecule has 0 saturated heterocycles. The summed E-state index contributed by atoms with van der Waals surface area (Å²) in [6.45, 7) is 0. The maximum atomic E-state index is 13.7. The monoisotopic (exact) mass is 576 g/mol. The third-order valence-electron chi connectivity index (χ3n) is 6.33. The van der Waals surface area contributed by atoms with Crippen LogP contribution in [-0.2, 0) is 42.5 Å². The van der Waals surface area contributed by atoms with Crippen molar-refractivity contribution in [3.05, 3.63) is 132 Å². The van der Waals surface area contributed by atoms with Crippen LogP contribution in [0.1, 0.15) is 11.1 Å². The zero-order valence-electron chi connectivity index (χ0n) is 21.4. The van der Waals surface area contributed by atoms with E-state index in [0.29, 0.717) is 11.1 Å². The molecule has 0 radical (unpaired) electrons. The van der Waals surface area contributed by atoms with Gasteiger partial charge >= 0.3 is 0 Å². The van der Waals surface area contributed by atoms with Gasteiger partial charge in [-0.05, 0) is 48.2 Å². The van der Waals surface area contributed by atoms with Crippen LogP contribution in [0.3, 0.4) is 0 Å². The Bertz CT molecular complexity index is 1520. The average molecular weight is 577 g/mol. The first kappa shape index (κ1) is 28.7. The molecule has 0 saturated carbocycles. The van der Waals surface area contributed by atoms with Crippen molar-refractivity contribution in [3.8, 4) is 0 Å². The molecule has 2 N–H and O–H groups in total. The minimum atomic E-state index is -4.26. The van der Waals surface area contributed by atoms with E-state index in [4.69, 9.17) is 0 Å². The van der Waals surface area contributed by atoms with Gasteiger partial charge in [0, 0.05) is 0 Å². The fourth-order valence-corrected chi connectivity index (χ4v) is 6.40. The van der Waals surface area contributed by atoms with E-state index in [0.717, 1.165) is 0 Å². The number of hydrogen-bond acceptors (Lipinski definition) is 6. The Labute approximate surface area is 234 Å². The van der Waals surface area contributed by atoms with Crippen LogP contribution in [0.15, 0.2) is 131 Å². The average Bonchev–Trinajstić information content (AvgIpc) is 2.96. The van der Waals surface area contributed by atoms with Crippen LogP contribution in [0, 0.1) is 11.8 Å². The highest BCUT2D eigenvalue weighted by Gasteiger charge is 2.37. The second-order valence-electron chi connectivity index (χ2n) is 9.16. The van der Waals surface area contributed by atoms with Crippen molar-refractivity contribution < 1.29 is 26.4 Å². The summed E-state index contributed by atoms with van der Waals surface area (Å²) in [5.41, 5.74) is 1.35. The van der Waals surface area contributed by atoms with E-state index in [9.17, 15) is 26.4 Å². The van der Waals surface area contributed by atoms with Gasteiger partial charge in [0.2, 0.25) is 11.8 Å². The molecule has 0 aliphatic heterocycles. The molecular formula is C30H28N2O6S2. The number of sulfonamides is 2. The van der Waals surface area contributed by atoms with Crippen LogP contribution in [-0.4, -0.2) is 28.6 Å². The summed E-state index contributed by atoms with van der Waals surface area (Å²) in [5.74, 6) is -4.29. The number of benzene rings is 4. The number of carbonyl (C=O) groups excluding carboxylic acids is 2. The third kappa shape index (κ3) is 7.43. The van der Waals surface area contributed by atoms with Crippen molar-refractivity contribution >= 4 is 31.9 Å². The van der Waals surface area contributed by atoms with E-state index in [1.54, 1.807) is 72.8 Å². The second kappa shape index (κ2) is 12.7. The minimum Gasteiger partial charge on any atom is -0.274 e. The molecule has 2 atom stereocenters. The van der Waals surface area contributed by atoms with E-state index in [2.05, 4.69) is 9.44 Å². The van der Waals surface area contributed by atoms with Gasteiger partial charge < -0.3 is 0 Å². The van der Waals surface area contributed by atoms with Gasteiger partial charge in [-0.1, -0.05) is 97.1 Å². The highest BCUT2D eigenvalue weighted by Crippen LogP contribution is 2.25. The summed E-state index contributed by atoms with van der Waals surface area (Å²) in [5, 5.41) is 0. The van der Waals surface area contributed by atoms with Crippen LogP contribution < -0.4 is 9.44 Å². The molecule has 0 bridgehead atoms. The van der Waals surface area contributed by atoms with Crippen LogP contribution in [0.2, 0.25) is 0 Å². The third-order valence-corrected chi connectivity index (χ3v) is 9.06.